The Balaban J connectivity index is 2.00. The van der Waals surface area contributed by atoms with E-state index in [1.165, 1.54) is 23.9 Å². The van der Waals surface area contributed by atoms with Crippen molar-refractivity contribution in [3.05, 3.63) is 36.0 Å². The lowest BCUT2D eigenvalue weighted by atomic mass is 9.77. The number of hydrogen-bond donors (Lipinski definition) is 1. The molecule has 3 rings (SSSR count). The zero-order valence-corrected chi connectivity index (χ0v) is 13.6. The van der Waals surface area contributed by atoms with Crippen LogP contribution in [0.2, 0.25) is 0 Å². The van der Waals surface area contributed by atoms with Crippen LogP contribution in [-0.2, 0) is 0 Å². The zero-order chi connectivity index (χ0) is 14.9. The highest BCUT2D eigenvalue weighted by atomic mass is 35.5. The molecule has 0 bridgehead atoms. The molecule has 0 saturated heterocycles. The first-order valence-electron chi connectivity index (χ1n) is 7.82. The van der Waals surface area contributed by atoms with E-state index in [0.717, 1.165) is 30.0 Å². The molecule has 1 aliphatic carbocycles. The highest BCUT2D eigenvalue weighted by Gasteiger charge is 2.34. The average Bonchev–Trinajstić information content (AvgIpc) is 2.47. The quantitative estimate of drug-likeness (QED) is 0.794. The number of alkyl halides is 1. The number of halogens is 1. The Bertz CT molecular complexity index is 640. The van der Waals surface area contributed by atoms with Crippen LogP contribution in [0.15, 0.2) is 30.3 Å². The maximum absolute atomic E-state index is 6.37. The molecule has 1 aliphatic rings. The van der Waals surface area contributed by atoms with E-state index in [1.54, 1.807) is 0 Å². The predicted molar refractivity (Wildman–Crippen MR) is 91.2 cm³/mol. The first-order chi connectivity index (χ1) is 10.1. The van der Waals surface area contributed by atoms with Crippen molar-refractivity contribution in [1.82, 2.24) is 4.98 Å². The molecule has 21 heavy (non-hydrogen) atoms. The third-order valence-corrected chi connectivity index (χ3v) is 5.10. The van der Waals surface area contributed by atoms with Gasteiger partial charge in [0.2, 0.25) is 0 Å². The van der Waals surface area contributed by atoms with Gasteiger partial charge in [-0.25, -0.2) is 0 Å². The van der Waals surface area contributed by atoms with Crippen LogP contribution in [0.4, 0.5) is 5.69 Å². The van der Waals surface area contributed by atoms with E-state index in [1.807, 2.05) is 6.07 Å². The Morgan fingerprint density at radius 3 is 2.95 bits per heavy atom. The molecule has 0 amide bonds. The molecule has 1 N–H and O–H groups in total. The number of benzene rings is 1. The third kappa shape index (κ3) is 3.01. The fourth-order valence-electron chi connectivity index (χ4n) is 3.63. The number of para-hydroxylation sites is 1. The molecule has 1 aromatic heterocycles. The van der Waals surface area contributed by atoms with Crippen LogP contribution in [0.3, 0.4) is 0 Å². The minimum atomic E-state index is 0.0236. The van der Waals surface area contributed by atoms with Gasteiger partial charge in [0.15, 0.2) is 0 Å². The monoisotopic (exact) mass is 302 g/mol. The lowest BCUT2D eigenvalue weighted by molar-refractivity contribution is 0.280. The summed E-state index contributed by atoms with van der Waals surface area (Å²) in [6.45, 7) is 4.38. The number of rotatable bonds is 3. The Hall–Kier alpha value is -1.28. The van der Waals surface area contributed by atoms with Crippen molar-refractivity contribution >= 4 is 28.2 Å². The SMILES string of the molecule is Cc1cc(NC2(CCl)CCCC(C)C2)c2ccccc2n1. The van der Waals surface area contributed by atoms with E-state index in [0.29, 0.717) is 5.88 Å². The standard InChI is InChI=1S/C18H23ClN2/c1-13-6-5-9-18(11-13,12-19)21-17-10-14(2)20-16-8-4-3-7-15(16)17/h3-4,7-8,10,13H,5-6,9,11-12H2,1-2H3,(H,20,21). The van der Waals surface area contributed by atoms with Gasteiger partial charge < -0.3 is 5.32 Å². The highest BCUT2D eigenvalue weighted by Crippen LogP contribution is 2.37. The Kier molecular flexibility index (Phi) is 4.08. The number of pyridine rings is 1. The molecule has 2 aromatic rings. The first-order valence-corrected chi connectivity index (χ1v) is 8.36. The zero-order valence-electron chi connectivity index (χ0n) is 12.8. The van der Waals surface area contributed by atoms with Crippen molar-refractivity contribution in [2.75, 3.05) is 11.2 Å². The van der Waals surface area contributed by atoms with Gasteiger partial charge >= 0.3 is 0 Å². The molecule has 0 radical (unpaired) electrons. The number of hydrogen-bond acceptors (Lipinski definition) is 2. The number of nitrogens with one attached hydrogen (secondary N) is 1. The summed E-state index contributed by atoms with van der Waals surface area (Å²) in [4.78, 5) is 4.62. The number of fused-ring (bicyclic) bond motifs is 1. The van der Waals surface area contributed by atoms with E-state index >= 15 is 0 Å². The molecule has 0 aliphatic heterocycles. The summed E-state index contributed by atoms with van der Waals surface area (Å²) in [5, 5.41) is 4.97. The van der Waals surface area contributed by atoms with Gasteiger partial charge in [-0.2, -0.15) is 0 Å². The molecule has 1 aromatic carbocycles. The second kappa shape index (κ2) is 5.84. The topological polar surface area (TPSA) is 24.9 Å². The van der Waals surface area contributed by atoms with Crippen LogP contribution in [0.25, 0.3) is 10.9 Å². The van der Waals surface area contributed by atoms with Gasteiger partial charge in [0.25, 0.3) is 0 Å². The molecule has 2 unspecified atom stereocenters. The van der Waals surface area contributed by atoms with Crippen molar-refractivity contribution in [3.63, 3.8) is 0 Å². The number of aryl methyl sites for hydroxylation is 1. The summed E-state index contributed by atoms with van der Waals surface area (Å²) in [7, 11) is 0. The van der Waals surface area contributed by atoms with E-state index in [2.05, 4.69) is 48.4 Å². The van der Waals surface area contributed by atoms with Crippen molar-refractivity contribution in [2.45, 2.75) is 45.1 Å². The molecule has 2 nitrogen and oxygen atoms in total. The van der Waals surface area contributed by atoms with Crippen LogP contribution in [0, 0.1) is 12.8 Å². The normalized spacial score (nSPS) is 26.0. The Labute approximate surface area is 131 Å². The van der Waals surface area contributed by atoms with Gasteiger partial charge in [0.1, 0.15) is 0 Å². The maximum Gasteiger partial charge on any atom is 0.0725 e. The van der Waals surface area contributed by atoms with Crippen LogP contribution < -0.4 is 5.32 Å². The molecule has 1 heterocycles. The van der Waals surface area contributed by atoms with Gasteiger partial charge in [0, 0.05) is 22.6 Å². The van der Waals surface area contributed by atoms with Crippen LogP contribution >= 0.6 is 11.6 Å². The minimum Gasteiger partial charge on any atom is -0.378 e. The fraction of sp³-hybridized carbons (Fsp3) is 0.500. The average molecular weight is 303 g/mol. The smallest absolute Gasteiger partial charge is 0.0725 e. The number of anilines is 1. The molecule has 2 atom stereocenters. The van der Waals surface area contributed by atoms with Crippen molar-refractivity contribution < 1.29 is 0 Å². The van der Waals surface area contributed by atoms with E-state index in [4.69, 9.17) is 11.6 Å². The molecule has 0 spiro atoms. The van der Waals surface area contributed by atoms with Gasteiger partial charge in [-0.3, -0.25) is 4.98 Å². The summed E-state index contributed by atoms with van der Waals surface area (Å²) in [6, 6.07) is 10.5. The third-order valence-electron chi connectivity index (χ3n) is 4.59. The van der Waals surface area contributed by atoms with E-state index in [-0.39, 0.29) is 5.54 Å². The molecule has 3 heteroatoms. The van der Waals surface area contributed by atoms with Gasteiger partial charge in [-0.15, -0.1) is 11.6 Å². The minimum absolute atomic E-state index is 0.0236. The second-order valence-corrected chi connectivity index (χ2v) is 6.84. The Morgan fingerprint density at radius 2 is 2.19 bits per heavy atom. The maximum atomic E-state index is 6.37. The summed E-state index contributed by atoms with van der Waals surface area (Å²) in [6.07, 6.45) is 4.86. The number of nitrogens with zero attached hydrogens (tertiary/aromatic N) is 1. The summed E-state index contributed by atoms with van der Waals surface area (Å²) >= 11 is 6.37. The fourth-order valence-corrected chi connectivity index (χ4v) is 3.93. The summed E-state index contributed by atoms with van der Waals surface area (Å²) < 4.78 is 0. The van der Waals surface area contributed by atoms with Crippen LogP contribution in [0.1, 0.15) is 38.3 Å². The lowest BCUT2D eigenvalue weighted by Crippen LogP contribution is -2.44. The van der Waals surface area contributed by atoms with Crippen molar-refractivity contribution in [1.29, 1.82) is 0 Å². The van der Waals surface area contributed by atoms with Crippen LogP contribution in [-0.4, -0.2) is 16.4 Å². The van der Waals surface area contributed by atoms with E-state index in [9.17, 15) is 0 Å². The molecular weight excluding hydrogens is 280 g/mol. The van der Waals surface area contributed by atoms with Gasteiger partial charge in [-0.05, 0) is 37.8 Å². The molecular formula is C18H23ClN2. The lowest BCUT2D eigenvalue weighted by Gasteiger charge is -2.40. The van der Waals surface area contributed by atoms with Crippen molar-refractivity contribution in [2.24, 2.45) is 5.92 Å². The summed E-state index contributed by atoms with van der Waals surface area (Å²) in [5.74, 6) is 1.40. The molecule has 1 fully saturated rings. The summed E-state index contributed by atoms with van der Waals surface area (Å²) in [5.41, 5.74) is 3.29. The highest BCUT2D eigenvalue weighted by molar-refractivity contribution is 6.19. The van der Waals surface area contributed by atoms with Gasteiger partial charge in [0.05, 0.1) is 11.1 Å². The molecule has 1 saturated carbocycles. The van der Waals surface area contributed by atoms with Crippen molar-refractivity contribution in [3.8, 4) is 0 Å². The van der Waals surface area contributed by atoms with Crippen LogP contribution in [0.5, 0.6) is 0 Å². The van der Waals surface area contributed by atoms with Gasteiger partial charge in [-0.1, -0.05) is 38.0 Å². The predicted octanol–water partition coefficient (Wildman–Crippen LogP) is 5.14. The Morgan fingerprint density at radius 1 is 1.38 bits per heavy atom. The number of aromatic nitrogens is 1. The van der Waals surface area contributed by atoms with E-state index < -0.39 is 0 Å². The largest absolute Gasteiger partial charge is 0.378 e. The molecule has 112 valence electrons. The first kappa shape index (κ1) is 14.6. The second-order valence-electron chi connectivity index (χ2n) is 6.57.